The Hall–Kier alpha value is -0.940. The number of esters is 1. The van der Waals surface area contributed by atoms with Gasteiger partial charge in [-0.2, -0.15) is 0 Å². The number of nitrogens with one attached hydrogen (secondary N) is 1. The minimum atomic E-state index is -0.199. The van der Waals surface area contributed by atoms with Crippen molar-refractivity contribution < 1.29 is 9.53 Å². The van der Waals surface area contributed by atoms with Crippen molar-refractivity contribution >= 4 is 21.9 Å². The van der Waals surface area contributed by atoms with Crippen LogP contribution in [0.4, 0.5) is 0 Å². The summed E-state index contributed by atoms with van der Waals surface area (Å²) >= 11 is 3.34. The maximum absolute atomic E-state index is 10.8. The standard InChI is InChI=1S/C10H13BrN2O2/c1-15-10(14)2-3-12-5-8-4-9(11)7-13-6-8/h4,6-7,12H,2-3,5H2,1H3. The Morgan fingerprint density at radius 3 is 3.07 bits per heavy atom. The van der Waals surface area contributed by atoms with Gasteiger partial charge in [-0.3, -0.25) is 9.78 Å². The first-order valence-corrected chi connectivity index (χ1v) is 5.38. The number of hydrogen-bond donors (Lipinski definition) is 1. The Bertz CT molecular complexity index is 331. The lowest BCUT2D eigenvalue weighted by Gasteiger charge is -2.03. The highest BCUT2D eigenvalue weighted by atomic mass is 79.9. The number of rotatable bonds is 5. The fourth-order valence-electron chi connectivity index (χ4n) is 1.08. The van der Waals surface area contributed by atoms with Crippen LogP contribution in [0.25, 0.3) is 0 Å². The van der Waals surface area contributed by atoms with E-state index in [-0.39, 0.29) is 5.97 Å². The molecule has 82 valence electrons. The molecule has 0 spiro atoms. The predicted molar refractivity (Wildman–Crippen MR) is 60.3 cm³/mol. The van der Waals surface area contributed by atoms with Crippen LogP contribution >= 0.6 is 15.9 Å². The first kappa shape index (κ1) is 12.1. The van der Waals surface area contributed by atoms with Gasteiger partial charge in [0.05, 0.1) is 13.5 Å². The number of carbonyl (C=O) groups excluding carboxylic acids is 1. The molecule has 1 heterocycles. The lowest BCUT2D eigenvalue weighted by Crippen LogP contribution is -2.18. The van der Waals surface area contributed by atoms with Crippen molar-refractivity contribution in [1.29, 1.82) is 0 Å². The van der Waals surface area contributed by atoms with E-state index in [0.29, 0.717) is 19.5 Å². The summed E-state index contributed by atoms with van der Waals surface area (Å²) in [6.45, 7) is 1.31. The Balaban J connectivity index is 2.23. The van der Waals surface area contributed by atoms with Crippen molar-refractivity contribution in [3.63, 3.8) is 0 Å². The lowest BCUT2D eigenvalue weighted by atomic mass is 10.3. The summed E-state index contributed by atoms with van der Waals surface area (Å²) in [4.78, 5) is 14.8. The molecule has 0 fully saturated rings. The minimum Gasteiger partial charge on any atom is -0.469 e. The number of halogens is 1. The summed E-state index contributed by atoms with van der Waals surface area (Å²) in [7, 11) is 1.39. The normalized spacial score (nSPS) is 10.0. The van der Waals surface area contributed by atoms with E-state index in [9.17, 15) is 4.79 Å². The molecule has 0 bridgehead atoms. The summed E-state index contributed by atoms with van der Waals surface area (Å²) in [6.07, 6.45) is 3.91. The van der Waals surface area contributed by atoms with Gasteiger partial charge in [-0.15, -0.1) is 0 Å². The summed E-state index contributed by atoms with van der Waals surface area (Å²) in [5.41, 5.74) is 1.08. The van der Waals surface area contributed by atoms with Crippen molar-refractivity contribution in [3.8, 4) is 0 Å². The molecule has 0 aliphatic rings. The average Bonchev–Trinajstić information content (AvgIpc) is 2.24. The molecule has 0 saturated heterocycles. The van der Waals surface area contributed by atoms with E-state index in [4.69, 9.17) is 0 Å². The van der Waals surface area contributed by atoms with Gasteiger partial charge in [0.15, 0.2) is 0 Å². The largest absolute Gasteiger partial charge is 0.469 e. The van der Waals surface area contributed by atoms with E-state index in [1.165, 1.54) is 7.11 Å². The maximum atomic E-state index is 10.8. The maximum Gasteiger partial charge on any atom is 0.306 e. The van der Waals surface area contributed by atoms with Crippen molar-refractivity contribution in [2.45, 2.75) is 13.0 Å². The molecule has 15 heavy (non-hydrogen) atoms. The third kappa shape index (κ3) is 4.90. The van der Waals surface area contributed by atoms with Crippen molar-refractivity contribution in [3.05, 3.63) is 28.5 Å². The second-order valence-electron chi connectivity index (χ2n) is 3.01. The molecule has 0 amide bonds. The third-order valence-corrected chi connectivity index (χ3v) is 2.26. The number of hydrogen-bond acceptors (Lipinski definition) is 4. The van der Waals surface area contributed by atoms with Crippen LogP contribution in [-0.4, -0.2) is 24.6 Å². The molecule has 0 radical (unpaired) electrons. The van der Waals surface area contributed by atoms with Crippen LogP contribution in [0.3, 0.4) is 0 Å². The number of methoxy groups -OCH3 is 1. The number of ether oxygens (including phenoxy) is 1. The average molecular weight is 273 g/mol. The lowest BCUT2D eigenvalue weighted by molar-refractivity contribution is -0.140. The van der Waals surface area contributed by atoms with Gasteiger partial charge < -0.3 is 10.1 Å². The zero-order valence-electron chi connectivity index (χ0n) is 8.50. The quantitative estimate of drug-likeness (QED) is 0.652. The molecule has 1 N–H and O–H groups in total. The molecular formula is C10H13BrN2O2. The third-order valence-electron chi connectivity index (χ3n) is 1.82. The number of pyridine rings is 1. The van der Waals surface area contributed by atoms with E-state index in [0.717, 1.165) is 10.0 Å². The Labute approximate surface area is 97.2 Å². The summed E-state index contributed by atoms with van der Waals surface area (Å²) in [5.74, 6) is -0.199. The van der Waals surface area contributed by atoms with Gasteiger partial charge in [-0.25, -0.2) is 0 Å². The molecule has 1 rings (SSSR count). The van der Waals surface area contributed by atoms with Gasteiger partial charge in [-0.1, -0.05) is 0 Å². The Morgan fingerprint density at radius 2 is 2.40 bits per heavy atom. The Morgan fingerprint density at radius 1 is 1.60 bits per heavy atom. The first-order chi connectivity index (χ1) is 7.22. The molecule has 0 atom stereocenters. The highest BCUT2D eigenvalue weighted by molar-refractivity contribution is 9.10. The van der Waals surface area contributed by atoms with Crippen LogP contribution in [-0.2, 0) is 16.1 Å². The van der Waals surface area contributed by atoms with Crippen LogP contribution in [0.1, 0.15) is 12.0 Å². The van der Waals surface area contributed by atoms with Crippen molar-refractivity contribution in [2.75, 3.05) is 13.7 Å². The molecule has 0 aromatic carbocycles. The highest BCUT2D eigenvalue weighted by Gasteiger charge is 1.99. The van der Waals surface area contributed by atoms with Crippen LogP contribution in [0.15, 0.2) is 22.9 Å². The van der Waals surface area contributed by atoms with Gasteiger partial charge in [-0.05, 0) is 27.6 Å². The van der Waals surface area contributed by atoms with Crippen LogP contribution in [0.5, 0.6) is 0 Å². The van der Waals surface area contributed by atoms with E-state index in [1.807, 2.05) is 6.07 Å². The fraction of sp³-hybridized carbons (Fsp3) is 0.400. The predicted octanol–water partition coefficient (Wildman–Crippen LogP) is 1.50. The fourth-order valence-corrected chi connectivity index (χ4v) is 1.49. The highest BCUT2D eigenvalue weighted by Crippen LogP contribution is 2.08. The smallest absolute Gasteiger partial charge is 0.306 e. The SMILES string of the molecule is COC(=O)CCNCc1cncc(Br)c1. The van der Waals surface area contributed by atoms with Crippen LogP contribution in [0, 0.1) is 0 Å². The van der Waals surface area contributed by atoms with E-state index in [1.54, 1.807) is 12.4 Å². The van der Waals surface area contributed by atoms with E-state index >= 15 is 0 Å². The van der Waals surface area contributed by atoms with Gasteiger partial charge in [0.1, 0.15) is 0 Å². The molecule has 0 aliphatic heterocycles. The molecule has 4 nitrogen and oxygen atoms in total. The van der Waals surface area contributed by atoms with Crippen LogP contribution in [0.2, 0.25) is 0 Å². The van der Waals surface area contributed by atoms with Gasteiger partial charge >= 0.3 is 5.97 Å². The van der Waals surface area contributed by atoms with Crippen molar-refractivity contribution in [2.24, 2.45) is 0 Å². The first-order valence-electron chi connectivity index (χ1n) is 4.59. The van der Waals surface area contributed by atoms with Gasteiger partial charge in [0, 0.05) is 30.0 Å². The van der Waals surface area contributed by atoms with Crippen molar-refractivity contribution in [1.82, 2.24) is 10.3 Å². The molecule has 1 aromatic heterocycles. The number of aromatic nitrogens is 1. The van der Waals surface area contributed by atoms with E-state index in [2.05, 4.69) is 31.0 Å². The second-order valence-corrected chi connectivity index (χ2v) is 3.93. The van der Waals surface area contributed by atoms with Gasteiger partial charge in [0.25, 0.3) is 0 Å². The Kier molecular flexibility index (Phi) is 5.28. The minimum absolute atomic E-state index is 0.199. The monoisotopic (exact) mass is 272 g/mol. The molecular weight excluding hydrogens is 260 g/mol. The topological polar surface area (TPSA) is 51.2 Å². The zero-order chi connectivity index (χ0) is 11.1. The summed E-state index contributed by atoms with van der Waals surface area (Å²) < 4.78 is 5.48. The summed E-state index contributed by atoms with van der Waals surface area (Å²) in [6, 6.07) is 1.98. The van der Waals surface area contributed by atoms with Crippen LogP contribution < -0.4 is 5.32 Å². The van der Waals surface area contributed by atoms with E-state index < -0.39 is 0 Å². The summed E-state index contributed by atoms with van der Waals surface area (Å²) in [5, 5.41) is 3.13. The molecule has 1 aromatic rings. The number of carbonyl (C=O) groups is 1. The number of nitrogens with zero attached hydrogens (tertiary/aromatic N) is 1. The molecule has 0 aliphatic carbocycles. The molecule has 0 unspecified atom stereocenters. The van der Waals surface area contributed by atoms with Gasteiger partial charge in [0.2, 0.25) is 0 Å². The zero-order valence-corrected chi connectivity index (χ0v) is 10.1. The molecule has 0 saturated carbocycles. The second kappa shape index (κ2) is 6.53. The molecule has 5 heteroatoms.